The van der Waals surface area contributed by atoms with Crippen LogP contribution < -0.4 is 5.32 Å². The zero-order valence-electron chi connectivity index (χ0n) is 8.88. The molecule has 0 radical (unpaired) electrons. The summed E-state index contributed by atoms with van der Waals surface area (Å²) in [5, 5.41) is 3.42. The van der Waals surface area contributed by atoms with Gasteiger partial charge in [0.25, 0.3) is 0 Å². The van der Waals surface area contributed by atoms with Crippen LogP contribution in [0.1, 0.15) is 25.8 Å². The fourth-order valence-electron chi connectivity index (χ4n) is 1.54. The molecular formula is C11H20N2. The second kappa shape index (κ2) is 5.07. The van der Waals surface area contributed by atoms with Gasteiger partial charge in [-0.3, -0.25) is 0 Å². The maximum absolute atomic E-state index is 3.42. The van der Waals surface area contributed by atoms with Crippen LogP contribution in [0.5, 0.6) is 0 Å². The molecule has 1 heterocycles. The van der Waals surface area contributed by atoms with E-state index < -0.39 is 0 Å². The summed E-state index contributed by atoms with van der Waals surface area (Å²) < 4.78 is 2.10. The minimum absolute atomic E-state index is 0.630. The molecule has 1 aromatic heterocycles. The molecule has 0 aliphatic heterocycles. The van der Waals surface area contributed by atoms with E-state index in [0.29, 0.717) is 6.04 Å². The van der Waals surface area contributed by atoms with Crippen molar-refractivity contribution in [3.05, 3.63) is 24.0 Å². The quantitative estimate of drug-likeness (QED) is 0.733. The molecule has 0 saturated carbocycles. The molecule has 0 fully saturated rings. The highest BCUT2D eigenvalue weighted by Gasteiger charge is 2.00. The van der Waals surface area contributed by atoms with E-state index in [9.17, 15) is 0 Å². The summed E-state index contributed by atoms with van der Waals surface area (Å²) in [5.74, 6) is 0. The second-order valence-corrected chi connectivity index (χ2v) is 3.68. The minimum Gasteiger partial charge on any atom is -0.357 e. The number of hydrogen-bond acceptors (Lipinski definition) is 1. The maximum Gasteiger partial charge on any atom is 0.0106 e. The lowest BCUT2D eigenvalue weighted by Gasteiger charge is -2.10. The van der Waals surface area contributed by atoms with Crippen molar-refractivity contribution in [3.63, 3.8) is 0 Å². The van der Waals surface area contributed by atoms with Gasteiger partial charge in [0.2, 0.25) is 0 Å². The Hall–Kier alpha value is -0.760. The fraction of sp³-hybridized carbons (Fsp3) is 0.636. The predicted octanol–water partition coefficient (Wildman–Crippen LogP) is 1.96. The SMILES string of the molecule is CCNC(C)CCc1ccn(C)c1. The lowest BCUT2D eigenvalue weighted by molar-refractivity contribution is 0.530. The van der Waals surface area contributed by atoms with E-state index in [1.165, 1.54) is 18.4 Å². The molecule has 74 valence electrons. The normalized spacial score (nSPS) is 13.2. The Morgan fingerprint density at radius 2 is 2.31 bits per heavy atom. The van der Waals surface area contributed by atoms with Gasteiger partial charge in [-0.2, -0.15) is 0 Å². The van der Waals surface area contributed by atoms with E-state index in [1.807, 2.05) is 0 Å². The molecule has 0 aliphatic carbocycles. The first-order chi connectivity index (χ1) is 6.22. The van der Waals surface area contributed by atoms with Gasteiger partial charge in [0.15, 0.2) is 0 Å². The second-order valence-electron chi connectivity index (χ2n) is 3.68. The molecule has 0 aliphatic rings. The highest BCUT2D eigenvalue weighted by molar-refractivity contribution is 5.10. The summed E-state index contributed by atoms with van der Waals surface area (Å²) in [4.78, 5) is 0. The Morgan fingerprint density at radius 1 is 1.54 bits per heavy atom. The zero-order chi connectivity index (χ0) is 9.68. The number of rotatable bonds is 5. The third kappa shape index (κ3) is 3.64. The van der Waals surface area contributed by atoms with Crippen molar-refractivity contribution < 1.29 is 0 Å². The molecule has 0 saturated heterocycles. The van der Waals surface area contributed by atoms with E-state index in [2.05, 4.69) is 49.2 Å². The van der Waals surface area contributed by atoms with Crippen molar-refractivity contribution in [2.45, 2.75) is 32.7 Å². The topological polar surface area (TPSA) is 17.0 Å². The fourth-order valence-corrected chi connectivity index (χ4v) is 1.54. The van der Waals surface area contributed by atoms with E-state index in [1.54, 1.807) is 0 Å². The highest BCUT2D eigenvalue weighted by Crippen LogP contribution is 2.05. The third-order valence-electron chi connectivity index (χ3n) is 2.31. The minimum atomic E-state index is 0.630. The number of aromatic nitrogens is 1. The molecule has 2 nitrogen and oxygen atoms in total. The van der Waals surface area contributed by atoms with Crippen molar-refractivity contribution in [2.24, 2.45) is 7.05 Å². The van der Waals surface area contributed by atoms with Gasteiger partial charge >= 0.3 is 0 Å². The van der Waals surface area contributed by atoms with Crippen LogP contribution >= 0.6 is 0 Å². The smallest absolute Gasteiger partial charge is 0.0106 e. The Morgan fingerprint density at radius 3 is 2.85 bits per heavy atom. The molecule has 1 N–H and O–H groups in total. The number of aryl methyl sites for hydroxylation is 2. The van der Waals surface area contributed by atoms with Gasteiger partial charge in [-0.25, -0.2) is 0 Å². The predicted molar refractivity (Wildman–Crippen MR) is 56.9 cm³/mol. The lowest BCUT2D eigenvalue weighted by atomic mass is 10.1. The van der Waals surface area contributed by atoms with Crippen LogP contribution in [0.15, 0.2) is 18.5 Å². The van der Waals surface area contributed by atoms with E-state index in [-0.39, 0.29) is 0 Å². The van der Waals surface area contributed by atoms with Crippen molar-refractivity contribution in [1.29, 1.82) is 0 Å². The van der Waals surface area contributed by atoms with E-state index in [4.69, 9.17) is 0 Å². The zero-order valence-corrected chi connectivity index (χ0v) is 8.88. The monoisotopic (exact) mass is 180 g/mol. The third-order valence-corrected chi connectivity index (χ3v) is 2.31. The van der Waals surface area contributed by atoms with Crippen LogP contribution in [-0.2, 0) is 13.5 Å². The summed E-state index contributed by atoms with van der Waals surface area (Å²) >= 11 is 0. The first-order valence-electron chi connectivity index (χ1n) is 5.06. The highest BCUT2D eigenvalue weighted by atomic mass is 14.9. The van der Waals surface area contributed by atoms with Crippen LogP contribution in [0.3, 0.4) is 0 Å². The molecule has 1 aromatic rings. The molecule has 0 aromatic carbocycles. The van der Waals surface area contributed by atoms with Crippen molar-refractivity contribution in [1.82, 2.24) is 9.88 Å². The van der Waals surface area contributed by atoms with Crippen molar-refractivity contribution in [3.8, 4) is 0 Å². The molecule has 0 spiro atoms. The van der Waals surface area contributed by atoms with Gasteiger partial charge in [-0.15, -0.1) is 0 Å². The molecule has 1 rings (SSSR count). The average Bonchev–Trinajstić information content (AvgIpc) is 2.49. The summed E-state index contributed by atoms with van der Waals surface area (Å²) in [6.07, 6.45) is 6.69. The van der Waals surface area contributed by atoms with Crippen LogP contribution in [0.4, 0.5) is 0 Å². The van der Waals surface area contributed by atoms with Gasteiger partial charge in [-0.05, 0) is 37.9 Å². The molecule has 1 atom stereocenters. The molecule has 13 heavy (non-hydrogen) atoms. The van der Waals surface area contributed by atoms with Crippen LogP contribution in [0, 0.1) is 0 Å². The maximum atomic E-state index is 3.42. The average molecular weight is 180 g/mol. The molecule has 2 heteroatoms. The van der Waals surface area contributed by atoms with Crippen molar-refractivity contribution >= 4 is 0 Å². The van der Waals surface area contributed by atoms with Gasteiger partial charge in [-0.1, -0.05) is 6.92 Å². The van der Waals surface area contributed by atoms with Crippen LogP contribution in [-0.4, -0.2) is 17.2 Å². The Kier molecular flexibility index (Phi) is 4.03. The van der Waals surface area contributed by atoms with Crippen LogP contribution in [0.2, 0.25) is 0 Å². The molecule has 1 unspecified atom stereocenters. The van der Waals surface area contributed by atoms with E-state index >= 15 is 0 Å². The Labute approximate surface area is 81.0 Å². The molecule has 0 bridgehead atoms. The first kappa shape index (κ1) is 10.3. The number of hydrogen-bond donors (Lipinski definition) is 1. The summed E-state index contributed by atoms with van der Waals surface area (Å²) in [5.41, 5.74) is 1.44. The summed E-state index contributed by atoms with van der Waals surface area (Å²) in [6.45, 7) is 5.46. The van der Waals surface area contributed by atoms with Gasteiger partial charge < -0.3 is 9.88 Å². The van der Waals surface area contributed by atoms with E-state index in [0.717, 1.165) is 6.54 Å². The number of nitrogens with one attached hydrogen (secondary N) is 1. The van der Waals surface area contributed by atoms with Crippen molar-refractivity contribution in [2.75, 3.05) is 6.54 Å². The molecule has 0 amide bonds. The first-order valence-corrected chi connectivity index (χ1v) is 5.06. The standard InChI is InChI=1S/C11H20N2/c1-4-12-10(2)5-6-11-7-8-13(3)9-11/h7-10,12H,4-6H2,1-3H3. The van der Waals surface area contributed by atoms with Gasteiger partial charge in [0.05, 0.1) is 0 Å². The Bertz CT molecular complexity index is 240. The molecular weight excluding hydrogens is 160 g/mol. The number of nitrogens with zero attached hydrogens (tertiary/aromatic N) is 1. The van der Waals surface area contributed by atoms with Gasteiger partial charge in [0.1, 0.15) is 0 Å². The Balaban J connectivity index is 2.26. The largest absolute Gasteiger partial charge is 0.357 e. The lowest BCUT2D eigenvalue weighted by Crippen LogP contribution is -2.25. The summed E-state index contributed by atoms with van der Waals surface area (Å²) in [6, 6.07) is 2.82. The summed E-state index contributed by atoms with van der Waals surface area (Å²) in [7, 11) is 2.07. The van der Waals surface area contributed by atoms with Gasteiger partial charge in [0, 0.05) is 25.5 Å². The van der Waals surface area contributed by atoms with Crippen LogP contribution in [0.25, 0.3) is 0 Å².